The average molecular weight is 243 g/mol. The van der Waals surface area contributed by atoms with Crippen molar-refractivity contribution in [2.75, 3.05) is 0 Å². The zero-order chi connectivity index (χ0) is 12.3. The van der Waals surface area contributed by atoms with Gasteiger partial charge in [0.1, 0.15) is 0 Å². The lowest BCUT2D eigenvalue weighted by Gasteiger charge is -2.21. The first-order chi connectivity index (χ1) is 8.70. The Hall–Kier alpha value is -1.05. The number of hydrogen-bond acceptors (Lipinski definition) is 1. The summed E-state index contributed by atoms with van der Waals surface area (Å²) in [6.45, 7) is 3.36. The van der Waals surface area contributed by atoms with Crippen LogP contribution in [0.5, 0.6) is 0 Å². The molecule has 3 aliphatic rings. The Morgan fingerprint density at radius 2 is 2.11 bits per heavy atom. The number of fused-ring (bicyclic) bond motifs is 1. The van der Waals surface area contributed by atoms with Crippen molar-refractivity contribution in [1.29, 1.82) is 0 Å². The van der Waals surface area contributed by atoms with E-state index in [0.717, 1.165) is 30.7 Å². The van der Waals surface area contributed by atoms with E-state index in [-0.39, 0.29) is 0 Å². The Labute approximate surface area is 108 Å². The van der Waals surface area contributed by atoms with Gasteiger partial charge in [0.15, 0.2) is 5.78 Å². The maximum atomic E-state index is 12.0. The van der Waals surface area contributed by atoms with Gasteiger partial charge in [0.05, 0.1) is 0 Å². The summed E-state index contributed by atoms with van der Waals surface area (Å²) in [6.07, 6.45) is 8.63. The summed E-state index contributed by atoms with van der Waals surface area (Å²) in [6, 6.07) is 2.14. The van der Waals surface area contributed by atoms with Crippen molar-refractivity contribution in [2.45, 2.75) is 58.4 Å². The van der Waals surface area contributed by atoms with E-state index >= 15 is 0 Å². The van der Waals surface area contributed by atoms with Crippen LogP contribution in [0.3, 0.4) is 0 Å². The highest BCUT2D eigenvalue weighted by Gasteiger charge is 2.54. The zero-order valence-electron chi connectivity index (χ0n) is 11.2. The molecule has 2 saturated carbocycles. The van der Waals surface area contributed by atoms with Gasteiger partial charge >= 0.3 is 0 Å². The highest BCUT2D eigenvalue weighted by molar-refractivity contribution is 5.98. The maximum absolute atomic E-state index is 12.0. The molecule has 0 atom stereocenters. The van der Waals surface area contributed by atoms with Gasteiger partial charge < -0.3 is 4.57 Å². The van der Waals surface area contributed by atoms with Gasteiger partial charge in [-0.3, -0.25) is 4.79 Å². The number of rotatable bonds is 3. The van der Waals surface area contributed by atoms with Crippen LogP contribution in [0.25, 0.3) is 0 Å². The number of nitrogens with zero attached hydrogens (tertiary/aromatic N) is 1. The van der Waals surface area contributed by atoms with E-state index in [1.54, 1.807) is 0 Å². The van der Waals surface area contributed by atoms with Gasteiger partial charge in [0, 0.05) is 29.9 Å². The van der Waals surface area contributed by atoms with E-state index < -0.39 is 0 Å². The summed E-state index contributed by atoms with van der Waals surface area (Å²) >= 11 is 0. The minimum atomic E-state index is 0.370. The van der Waals surface area contributed by atoms with E-state index in [1.165, 1.54) is 43.6 Å². The SMILES string of the molecule is Cc1cc2c(n1CC1(C3CC3)CC1)CCCC2=O. The van der Waals surface area contributed by atoms with Crippen LogP contribution in [0.15, 0.2) is 6.07 Å². The molecular weight excluding hydrogens is 222 g/mol. The molecule has 0 N–H and O–H groups in total. The number of hydrogen-bond donors (Lipinski definition) is 0. The summed E-state index contributed by atoms with van der Waals surface area (Å²) in [5.41, 5.74) is 4.31. The number of carbonyl (C=O) groups excluding carboxylic acids is 1. The molecule has 3 aliphatic carbocycles. The summed E-state index contributed by atoms with van der Waals surface area (Å²) < 4.78 is 2.48. The summed E-state index contributed by atoms with van der Waals surface area (Å²) in [5, 5.41) is 0. The molecule has 0 aromatic carbocycles. The summed E-state index contributed by atoms with van der Waals surface area (Å²) in [5.74, 6) is 1.36. The highest BCUT2D eigenvalue weighted by Crippen LogP contribution is 2.62. The van der Waals surface area contributed by atoms with E-state index in [0.29, 0.717) is 11.2 Å². The van der Waals surface area contributed by atoms with Gasteiger partial charge in [0.2, 0.25) is 0 Å². The third-order valence-electron chi connectivity index (χ3n) is 5.34. The first-order valence-corrected chi connectivity index (χ1v) is 7.42. The van der Waals surface area contributed by atoms with Gasteiger partial charge in [-0.25, -0.2) is 0 Å². The molecule has 1 heterocycles. The number of aromatic nitrogens is 1. The molecule has 2 heteroatoms. The Morgan fingerprint density at radius 1 is 1.33 bits per heavy atom. The van der Waals surface area contributed by atoms with Crippen molar-refractivity contribution in [1.82, 2.24) is 4.57 Å². The molecule has 0 saturated heterocycles. The normalized spacial score (nSPS) is 25.1. The Bertz CT molecular complexity index is 517. The number of Topliss-reactive ketones (excluding diaryl/α,β-unsaturated/α-hetero) is 1. The molecule has 1 aromatic heterocycles. The van der Waals surface area contributed by atoms with Crippen LogP contribution in [0.1, 0.15) is 60.3 Å². The van der Waals surface area contributed by atoms with Gasteiger partial charge in [0.25, 0.3) is 0 Å². The minimum absolute atomic E-state index is 0.370. The van der Waals surface area contributed by atoms with Crippen LogP contribution < -0.4 is 0 Å². The Balaban J connectivity index is 1.70. The van der Waals surface area contributed by atoms with Crippen molar-refractivity contribution >= 4 is 5.78 Å². The van der Waals surface area contributed by atoms with Gasteiger partial charge in [-0.05, 0) is 62.8 Å². The first kappa shape index (κ1) is 10.8. The van der Waals surface area contributed by atoms with E-state index in [9.17, 15) is 4.79 Å². The van der Waals surface area contributed by atoms with Gasteiger partial charge in [-0.2, -0.15) is 0 Å². The van der Waals surface area contributed by atoms with Crippen LogP contribution in [0.4, 0.5) is 0 Å². The van der Waals surface area contributed by atoms with E-state index in [4.69, 9.17) is 0 Å². The predicted octanol–water partition coefficient (Wildman–Crippen LogP) is 3.51. The van der Waals surface area contributed by atoms with Crippen LogP contribution in [-0.2, 0) is 13.0 Å². The quantitative estimate of drug-likeness (QED) is 0.796. The van der Waals surface area contributed by atoms with Crippen molar-refractivity contribution in [3.05, 3.63) is 23.0 Å². The third-order valence-corrected chi connectivity index (χ3v) is 5.34. The third kappa shape index (κ3) is 1.51. The Morgan fingerprint density at radius 3 is 2.78 bits per heavy atom. The topological polar surface area (TPSA) is 22.0 Å². The number of ketones is 1. The van der Waals surface area contributed by atoms with Gasteiger partial charge in [-0.1, -0.05) is 0 Å². The second-order valence-electron chi connectivity index (χ2n) is 6.65. The largest absolute Gasteiger partial charge is 0.348 e. The lowest BCUT2D eigenvalue weighted by atomic mass is 9.96. The summed E-state index contributed by atoms with van der Waals surface area (Å²) in [4.78, 5) is 12.0. The molecule has 0 radical (unpaired) electrons. The lowest BCUT2D eigenvalue weighted by molar-refractivity contribution is 0.0971. The molecule has 0 amide bonds. The maximum Gasteiger partial charge on any atom is 0.164 e. The predicted molar refractivity (Wildman–Crippen MR) is 70.8 cm³/mol. The fraction of sp³-hybridized carbons (Fsp3) is 0.688. The molecule has 0 unspecified atom stereocenters. The molecule has 2 fully saturated rings. The molecular formula is C16H21NO. The van der Waals surface area contributed by atoms with E-state index in [1.807, 2.05) is 0 Å². The second-order valence-corrected chi connectivity index (χ2v) is 6.65. The fourth-order valence-corrected chi connectivity index (χ4v) is 3.88. The monoisotopic (exact) mass is 243 g/mol. The van der Waals surface area contributed by atoms with Crippen LogP contribution in [-0.4, -0.2) is 10.4 Å². The smallest absolute Gasteiger partial charge is 0.164 e. The molecule has 2 nitrogen and oxygen atoms in total. The van der Waals surface area contributed by atoms with Crippen LogP contribution >= 0.6 is 0 Å². The summed E-state index contributed by atoms with van der Waals surface area (Å²) in [7, 11) is 0. The molecule has 0 bridgehead atoms. The van der Waals surface area contributed by atoms with Crippen molar-refractivity contribution in [2.24, 2.45) is 11.3 Å². The Kier molecular flexibility index (Phi) is 2.10. The lowest BCUT2D eigenvalue weighted by Crippen LogP contribution is -2.19. The van der Waals surface area contributed by atoms with Crippen molar-refractivity contribution < 1.29 is 4.79 Å². The second kappa shape index (κ2) is 3.49. The van der Waals surface area contributed by atoms with Crippen LogP contribution in [0.2, 0.25) is 0 Å². The zero-order valence-corrected chi connectivity index (χ0v) is 11.2. The van der Waals surface area contributed by atoms with E-state index in [2.05, 4.69) is 17.6 Å². The van der Waals surface area contributed by atoms with Crippen LogP contribution in [0, 0.1) is 18.3 Å². The molecule has 1 aromatic rings. The molecule has 4 rings (SSSR count). The number of carbonyl (C=O) groups is 1. The molecule has 96 valence electrons. The van der Waals surface area contributed by atoms with Gasteiger partial charge in [-0.15, -0.1) is 0 Å². The van der Waals surface area contributed by atoms with Crippen molar-refractivity contribution in [3.8, 4) is 0 Å². The molecule has 18 heavy (non-hydrogen) atoms. The number of aryl methyl sites for hydroxylation is 1. The standard InChI is InChI=1S/C16H21NO/c1-11-9-13-14(3-2-4-15(13)18)17(11)10-16(7-8-16)12-5-6-12/h9,12H,2-8,10H2,1H3. The average Bonchev–Trinajstić information content (AvgIpc) is 3.23. The minimum Gasteiger partial charge on any atom is -0.348 e. The molecule has 0 aliphatic heterocycles. The van der Waals surface area contributed by atoms with Crippen molar-refractivity contribution in [3.63, 3.8) is 0 Å². The molecule has 0 spiro atoms. The fourth-order valence-electron chi connectivity index (χ4n) is 3.88. The highest BCUT2D eigenvalue weighted by atomic mass is 16.1. The first-order valence-electron chi connectivity index (χ1n) is 7.42.